The molecule has 0 radical (unpaired) electrons. The third-order valence-electron chi connectivity index (χ3n) is 2.45. The Balaban J connectivity index is 2.39. The molecule has 2 nitrogen and oxygen atoms in total. The van der Waals surface area contributed by atoms with Gasteiger partial charge in [0.2, 0.25) is 0 Å². The number of rotatable bonds is 5. The number of nitrogens with one attached hydrogen (secondary N) is 1. The summed E-state index contributed by atoms with van der Waals surface area (Å²) in [7, 11) is 0. The van der Waals surface area contributed by atoms with Gasteiger partial charge in [-0.05, 0) is 19.3 Å². The van der Waals surface area contributed by atoms with Crippen molar-refractivity contribution in [2.24, 2.45) is 5.92 Å². The van der Waals surface area contributed by atoms with Gasteiger partial charge in [0.05, 0.1) is 5.01 Å². The van der Waals surface area contributed by atoms with Crippen LogP contribution in [0, 0.1) is 12.8 Å². The van der Waals surface area contributed by atoms with Crippen molar-refractivity contribution in [2.75, 3.05) is 0 Å². The van der Waals surface area contributed by atoms with Gasteiger partial charge in [-0.25, -0.2) is 4.98 Å². The normalized spacial score (nSPS) is 13.5. The van der Waals surface area contributed by atoms with Crippen LogP contribution in [0.15, 0.2) is 6.20 Å². The highest BCUT2D eigenvalue weighted by molar-refractivity contribution is 7.11. The van der Waals surface area contributed by atoms with E-state index in [0.717, 1.165) is 11.6 Å². The Morgan fingerprint density at radius 2 is 2.21 bits per heavy atom. The minimum absolute atomic E-state index is 0.623. The molecule has 0 saturated heterocycles. The second-order valence-electron chi connectivity index (χ2n) is 3.99. The first-order valence-corrected chi connectivity index (χ1v) is 6.09. The number of nitrogens with zero attached hydrogens (tertiary/aromatic N) is 1. The van der Waals surface area contributed by atoms with Crippen LogP contribution in [0.2, 0.25) is 0 Å². The van der Waals surface area contributed by atoms with E-state index in [0.29, 0.717) is 12.0 Å². The molecule has 0 aliphatic heterocycles. The third kappa shape index (κ3) is 3.39. The highest BCUT2D eigenvalue weighted by Gasteiger charge is 2.10. The van der Waals surface area contributed by atoms with E-state index in [2.05, 4.69) is 31.1 Å². The lowest BCUT2D eigenvalue weighted by atomic mass is 10.0. The van der Waals surface area contributed by atoms with Gasteiger partial charge in [0.1, 0.15) is 0 Å². The van der Waals surface area contributed by atoms with Crippen molar-refractivity contribution in [1.29, 1.82) is 0 Å². The van der Waals surface area contributed by atoms with Gasteiger partial charge in [0, 0.05) is 23.7 Å². The minimum Gasteiger partial charge on any atom is -0.309 e. The molecule has 3 heteroatoms. The van der Waals surface area contributed by atoms with Crippen molar-refractivity contribution < 1.29 is 0 Å². The zero-order valence-corrected chi connectivity index (χ0v) is 10.3. The number of thiazole rings is 1. The molecule has 0 fully saturated rings. The lowest BCUT2D eigenvalue weighted by Crippen LogP contribution is -2.32. The van der Waals surface area contributed by atoms with Crippen LogP contribution in [0.25, 0.3) is 0 Å². The third-order valence-corrected chi connectivity index (χ3v) is 3.36. The fourth-order valence-electron chi connectivity index (χ4n) is 1.57. The molecule has 0 amide bonds. The van der Waals surface area contributed by atoms with Gasteiger partial charge in [-0.1, -0.05) is 20.8 Å². The maximum absolute atomic E-state index is 4.24. The second-order valence-corrected chi connectivity index (χ2v) is 5.30. The van der Waals surface area contributed by atoms with Crippen LogP contribution in [0.4, 0.5) is 0 Å². The molecule has 14 heavy (non-hydrogen) atoms. The molecule has 0 aromatic carbocycles. The molecular weight excluding hydrogens is 192 g/mol. The van der Waals surface area contributed by atoms with E-state index >= 15 is 0 Å². The van der Waals surface area contributed by atoms with Crippen molar-refractivity contribution in [2.45, 2.75) is 46.7 Å². The molecule has 0 aliphatic carbocycles. The number of aromatic nitrogens is 1. The van der Waals surface area contributed by atoms with Gasteiger partial charge in [0.15, 0.2) is 0 Å². The maximum atomic E-state index is 4.24. The van der Waals surface area contributed by atoms with Crippen LogP contribution < -0.4 is 5.32 Å². The Hall–Kier alpha value is -0.410. The summed E-state index contributed by atoms with van der Waals surface area (Å²) in [4.78, 5) is 5.58. The Kier molecular flexibility index (Phi) is 4.55. The van der Waals surface area contributed by atoms with Gasteiger partial charge >= 0.3 is 0 Å². The summed E-state index contributed by atoms with van der Waals surface area (Å²) in [6.45, 7) is 9.77. The maximum Gasteiger partial charge on any atom is 0.0897 e. The van der Waals surface area contributed by atoms with Crippen LogP contribution in [0.5, 0.6) is 0 Å². The zero-order chi connectivity index (χ0) is 10.6. The average molecular weight is 212 g/mol. The van der Waals surface area contributed by atoms with E-state index < -0.39 is 0 Å². The summed E-state index contributed by atoms with van der Waals surface area (Å²) in [6, 6.07) is 0.623. The first-order chi connectivity index (χ1) is 6.63. The molecule has 1 aromatic rings. The Morgan fingerprint density at radius 1 is 1.50 bits per heavy atom. The van der Waals surface area contributed by atoms with Crippen LogP contribution in [-0.2, 0) is 6.54 Å². The van der Waals surface area contributed by atoms with E-state index in [4.69, 9.17) is 0 Å². The summed E-state index contributed by atoms with van der Waals surface area (Å²) in [6.07, 6.45) is 3.16. The number of aryl methyl sites for hydroxylation is 1. The SMILES string of the molecule is CCC(NCc1cnc(C)s1)C(C)C. The lowest BCUT2D eigenvalue weighted by Gasteiger charge is -2.20. The molecule has 1 unspecified atom stereocenters. The van der Waals surface area contributed by atoms with E-state index in [9.17, 15) is 0 Å². The molecule has 1 rings (SSSR count). The average Bonchev–Trinajstić information content (AvgIpc) is 2.52. The van der Waals surface area contributed by atoms with Crippen molar-refractivity contribution in [3.63, 3.8) is 0 Å². The Labute approximate surface area is 90.8 Å². The topological polar surface area (TPSA) is 24.9 Å². The standard InChI is InChI=1S/C11H20N2S/c1-5-11(8(2)3)13-7-10-6-12-9(4)14-10/h6,8,11,13H,5,7H2,1-4H3. The van der Waals surface area contributed by atoms with E-state index in [1.165, 1.54) is 11.3 Å². The molecule has 0 aliphatic rings. The molecule has 1 aromatic heterocycles. The summed E-state index contributed by atoms with van der Waals surface area (Å²) >= 11 is 1.78. The van der Waals surface area contributed by atoms with Crippen LogP contribution >= 0.6 is 11.3 Å². The van der Waals surface area contributed by atoms with Gasteiger partial charge in [-0.2, -0.15) is 0 Å². The smallest absolute Gasteiger partial charge is 0.0897 e. The molecule has 1 heterocycles. The van der Waals surface area contributed by atoms with Crippen molar-refractivity contribution in [3.8, 4) is 0 Å². The first kappa shape index (κ1) is 11.7. The Bertz CT molecular complexity index is 268. The van der Waals surface area contributed by atoms with Crippen molar-refractivity contribution >= 4 is 11.3 Å². The summed E-state index contributed by atoms with van der Waals surface area (Å²) in [5, 5.41) is 4.72. The van der Waals surface area contributed by atoms with E-state index in [1.807, 2.05) is 13.1 Å². The quantitative estimate of drug-likeness (QED) is 0.811. The van der Waals surface area contributed by atoms with E-state index in [1.54, 1.807) is 11.3 Å². The van der Waals surface area contributed by atoms with Crippen LogP contribution in [0.1, 0.15) is 37.1 Å². The molecule has 1 atom stereocenters. The van der Waals surface area contributed by atoms with Gasteiger partial charge in [-0.15, -0.1) is 11.3 Å². The highest BCUT2D eigenvalue weighted by atomic mass is 32.1. The first-order valence-electron chi connectivity index (χ1n) is 5.28. The monoisotopic (exact) mass is 212 g/mol. The largest absolute Gasteiger partial charge is 0.309 e. The molecule has 0 bridgehead atoms. The second kappa shape index (κ2) is 5.47. The number of hydrogen-bond donors (Lipinski definition) is 1. The van der Waals surface area contributed by atoms with Gasteiger partial charge < -0.3 is 5.32 Å². The predicted octanol–water partition coefficient (Wildman–Crippen LogP) is 2.98. The fraction of sp³-hybridized carbons (Fsp3) is 0.727. The summed E-state index contributed by atoms with van der Waals surface area (Å²) in [5.41, 5.74) is 0. The van der Waals surface area contributed by atoms with E-state index in [-0.39, 0.29) is 0 Å². The molecule has 1 N–H and O–H groups in total. The molecule has 0 spiro atoms. The summed E-state index contributed by atoms with van der Waals surface area (Å²) < 4.78 is 0. The van der Waals surface area contributed by atoms with Crippen molar-refractivity contribution in [3.05, 3.63) is 16.1 Å². The van der Waals surface area contributed by atoms with Gasteiger partial charge in [0.25, 0.3) is 0 Å². The molecular formula is C11H20N2S. The van der Waals surface area contributed by atoms with Crippen LogP contribution in [0.3, 0.4) is 0 Å². The fourth-order valence-corrected chi connectivity index (χ4v) is 2.32. The molecule has 0 saturated carbocycles. The lowest BCUT2D eigenvalue weighted by molar-refractivity contribution is 0.388. The number of hydrogen-bond acceptors (Lipinski definition) is 3. The molecule has 80 valence electrons. The minimum atomic E-state index is 0.623. The Morgan fingerprint density at radius 3 is 2.64 bits per heavy atom. The van der Waals surface area contributed by atoms with Gasteiger partial charge in [-0.3, -0.25) is 0 Å². The highest BCUT2D eigenvalue weighted by Crippen LogP contribution is 2.12. The van der Waals surface area contributed by atoms with Crippen molar-refractivity contribution in [1.82, 2.24) is 10.3 Å². The van der Waals surface area contributed by atoms with Crippen LogP contribution in [-0.4, -0.2) is 11.0 Å². The summed E-state index contributed by atoms with van der Waals surface area (Å²) in [5.74, 6) is 0.703. The predicted molar refractivity (Wildman–Crippen MR) is 62.6 cm³/mol. The zero-order valence-electron chi connectivity index (χ0n) is 9.50.